The maximum atomic E-state index is 12.0. The van der Waals surface area contributed by atoms with Crippen molar-refractivity contribution in [2.24, 2.45) is 0 Å². The zero-order chi connectivity index (χ0) is 17.1. The number of carbonyl (C=O) groups excluding carboxylic acids is 2. The number of esters is 1. The van der Waals surface area contributed by atoms with Gasteiger partial charge in [0, 0.05) is 25.2 Å². The van der Waals surface area contributed by atoms with Gasteiger partial charge in [0.15, 0.2) is 0 Å². The van der Waals surface area contributed by atoms with E-state index in [1.165, 1.54) is 11.3 Å². The summed E-state index contributed by atoms with van der Waals surface area (Å²) in [5.41, 5.74) is 3.67. The van der Waals surface area contributed by atoms with Crippen LogP contribution in [0.4, 0.5) is 0 Å². The fourth-order valence-electron chi connectivity index (χ4n) is 2.31. The summed E-state index contributed by atoms with van der Waals surface area (Å²) in [6, 6.07) is 0. The Morgan fingerprint density at radius 2 is 2.04 bits per heavy atom. The largest absolute Gasteiger partial charge is 0.462 e. The minimum absolute atomic E-state index is 0.0116. The van der Waals surface area contributed by atoms with Crippen LogP contribution >= 0.6 is 11.3 Å². The van der Waals surface area contributed by atoms with Crippen LogP contribution in [0.25, 0.3) is 11.4 Å². The highest BCUT2D eigenvalue weighted by Crippen LogP contribution is 2.29. The van der Waals surface area contributed by atoms with Gasteiger partial charge < -0.3 is 14.6 Å². The van der Waals surface area contributed by atoms with Gasteiger partial charge in [0.1, 0.15) is 5.01 Å². The van der Waals surface area contributed by atoms with Crippen LogP contribution in [0.15, 0.2) is 5.38 Å². The average molecular weight is 335 g/mol. The number of nitrogens with one attached hydrogen (secondary N) is 1. The van der Waals surface area contributed by atoms with E-state index in [1.54, 1.807) is 25.9 Å². The molecule has 0 aliphatic heterocycles. The minimum Gasteiger partial charge on any atom is -0.462 e. The molecular weight excluding hydrogens is 314 g/mol. The number of carbonyl (C=O) groups is 2. The molecule has 0 aliphatic carbocycles. The Bertz CT molecular complexity index is 731. The molecule has 2 aromatic rings. The second kappa shape index (κ2) is 6.95. The minimum atomic E-state index is -0.330. The molecule has 0 saturated carbocycles. The van der Waals surface area contributed by atoms with Crippen LogP contribution in [0.5, 0.6) is 0 Å². The molecule has 0 radical (unpaired) electrons. The molecule has 6 nitrogen and oxygen atoms in total. The standard InChI is InChI=1S/C16H21N3O3S/c1-6-22-16(21)14-9(2)15(17-10(14)3)11-8-23-12(18-11)7-13(20)19(4)5/h8,17H,6-7H2,1-5H3. The van der Waals surface area contributed by atoms with Crippen LogP contribution in [-0.4, -0.2) is 47.4 Å². The van der Waals surface area contributed by atoms with Gasteiger partial charge in [-0.1, -0.05) is 0 Å². The van der Waals surface area contributed by atoms with E-state index in [0.717, 1.165) is 27.7 Å². The number of aryl methyl sites for hydroxylation is 1. The van der Waals surface area contributed by atoms with Crippen molar-refractivity contribution in [3.8, 4) is 11.4 Å². The van der Waals surface area contributed by atoms with Crippen molar-refractivity contribution in [2.45, 2.75) is 27.2 Å². The lowest BCUT2D eigenvalue weighted by atomic mass is 10.1. The number of hydrogen-bond donors (Lipinski definition) is 1. The Balaban J connectivity index is 2.30. The van der Waals surface area contributed by atoms with Gasteiger partial charge >= 0.3 is 5.97 Å². The molecule has 0 aromatic carbocycles. The number of thiazole rings is 1. The van der Waals surface area contributed by atoms with E-state index in [0.29, 0.717) is 12.2 Å². The van der Waals surface area contributed by atoms with Crippen molar-refractivity contribution in [3.63, 3.8) is 0 Å². The molecule has 0 aliphatic rings. The Hall–Kier alpha value is -2.15. The lowest BCUT2D eigenvalue weighted by Gasteiger charge is -2.07. The number of aromatic amines is 1. The second-order valence-electron chi connectivity index (χ2n) is 5.44. The summed E-state index contributed by atoms with van der Waals surface area (Å²) in [6.45, 7) is 5.83. The lowest BCUT2D eigenvalue weighted by molar-refractivity contribution is -0.127. The predicted molar refractivity (Wildman–Crippen MR) is 89.7 cm³/mol. The monoisotopic (exact) mass is 335 g/mol. The van der Waals surface area contributed by atoms with E-state index in [9.17, 15) is 9.59 Å². The lowest BCUT2D eigenvalue weighted by Crippen LogP contribution is -2.23. The average Bonchev–Trinajstić information content (AvgIpc) is 3.03. The topological polar surface area (TPSA) is 75.3 Å². The second-order valence-corrected chi connectivity index (χ2v) is 6.38. The smallest absolute Gasteiger partial charge is 0.340 e. The van der Waals surface area contributed by atoms with Gasteiger partial charge in [0.25, 0.3) is 0 Å². The number of aromatic nitrogens is 2. The number of H-pyrrole nitrogens is 1. The Kier molecular flexibility index (Phi) is 5.20. The summed E-state index contributed by atoms with van der Waals surface area (Å²) >= 11 is 1.44. The number of nitrogens with zero attached hydrogens (tertiary/aromatic N) is 2. The van der Waals surface area contributed by atoms with Crippen LogP contribution in [0, 0.1) is 13.8 Å². The highest BCUT2D eigenvalue weighted by Gasteiger charge is 2.21. The van der Waals surface area contributed by atoms with Gasteiger partial charge in [0.05, 0.1) is 30.0 Å². The van der Waals surface area contributed by atoms with E-state index in [2.05, 4.69) is 9.97 Å². The summed E-state index contributed by atoms with van der Waals surface area (Å²) in [5, 5.41) is 2.65. The quantitative estimate of drug-likeness (QED) is 0.852. The molecule has 0 saturated heterocycles. The molecule has 0 bridgehead atoms. The SMILES string of the molecule is CCOC(=O)c1c(C)[nH]c(-c2csc(CC(=O)N(C)C)n2)c1C. The van der Waals surface area contributed by atoms with Gasteiger partial charge in [-0.25, -0.2) is 9.78 Å². The molecule has 2 rings (SSSR count). The Labute approximate surface area is 139 Å². The molecule has 0 atom stereocenters. The number of hydrogen-bond acceptors (Lipinski definition) is 5. The van der Waals surface area contributed by atoms with E-state index in [-0.39, 0.29) is 18.3 Å². The molecule has 2 aromatic heterocycles. The molecule has 0 fully saturated rings. The van der Waals surface area contributed by atoms with Crippen molar-refractivity contribution < 1.29 is 14.3 Å². The van der Waals surface area contributed by atoms with Crippen LogP contribution in [0.3, 0.4) is 0 Å². The van der Waals surface area contributed by atoms with E-state index in [4.69, 9.17) is 4.74 Å². The first-order chi connectivity index (χ1) is 10.8. The van der Waals surface area contributed by atoms with Gasteiger partial charge in [-0.05, 0) is 26.3 Å². The van der Waals surface area contributed by atoms with Crippen molar-refractivity contribution in [1.82, 2.24) is 14.9 Å². The highest BCUT2D eigenvalue weighted by molar-refractivity contribution is 7.10. The van der Waals surface area contributed by atoms with Gasteiger partial charge in [0.2, 0.25) is 5.91 Å². The maximum Gasteiger partial charge on any atom is 0.340 e. The molecule has 23 heavy (non-hydrogen) atoms. The summed E-state index contributed by atoms with van der Waals surface area (Å²) < 4.78 is 5.10. The van der Waals surface area contributed by atoms with E-state index < -0.39 is 0 Å². The maximum absolute atomic E-state index is 12.0. The van der Waals surface area contributed by atoms with E-state index in [1.807, 2.05) is 19.2 Å². The summed E-state index contributed by atoms with van der Waals surface area (Å²) in [4.78, 5) is 33.1. The molecule has 1 N–H and O–H groups in total. The third kappa shape index (κ3) is 3.61. The first-order valence-corrected chi connectivity index (χ1v) is 8.24. The third-order valence-corrected chi connectivity index (χ3v) is 4.38. The number of ether oxygens (including phenoxy) is 1. The van der Waals surface area contributed by atoms with Crippen molar-refractivity contribution in [2.75, 3.05) is 20.7 Å². The zero-order valence-corrected chi connectivity index (χ0v) is 14.8. The van der Waals surface area contributed by atoms with Crippen molar-refractivity contribution >= 4 is 23.2 Å². The van der Waals surface area contributed by atoms with Crippen molar-refractivity contribution in [1.29, 1.82) is 0 Å². The summed E-state index contributed by atoms with van der Waals surface area (Å²) in [7, 11) is 3.45. The van der Waals surface area contributed by atoms with Crippen LogP contribution in [-0.2, 0) is 16.0 Å². The van der Waals surface area contributed by atoms with Gasteiger partial charge in [-0.2, -0.15) is 0 Å². The molecule has 0 unspecified atom stereocenters. The van der Waals surface area contributed by atoms with Gasteiger partial charge in [-0.3, -0.25) is 4.79 Å². The number of rotatable bonds is 5. The third-order valence-electron chi connectivity index (χ3n) is 3.53. The fraction of sp³-hybridized carbons (Fsp3) is 0.438. The first kappa shape index (κ1) is 17.2. The molecule has 1 amide bonds. The summed E-state index contributed by atoms with van der Waals surface area (Å²) in [6.07, 6.45) is 0.279. The Morgan fingerprint density at radius 3 is 2.65 bits per heavy atom. The van der Waals surface area contributed by atoms with Crippen LogP contribution in [0.2, 0.25) is 0 Å². The van der Waals surface area contributed by atoms with Crippen LogP contribution < -0.4 is 0 Å². The number of likely N-dealkylation sites (N-methyl/N-ethyl adjacent to an activating group) is 1. The van der Waals surface area contributed by atoms with Crippen molar-refractivity contribution in [3.05, 3.63) is 27.2 Å². The summed E-state index contributed by atoms with van der Waals surface area (Å²) in [5.74, 6) is -0.319. The molecule has 2 heterocycles. The predicted octanol–water partition coefficient (Wildman–Crippen LogP) is 2.56. The zero-order valence-electron chi connectivity index (χ0n) is 14.0. The first-order valence-electron chi connectivity index (χ1n) is 7.36. The normalized spacial score (nSPS) is 10.7. The van der Waals surface area contributed by atoms with Crippen LogP contribution in [0.1, 0.15) is 33.5 Å². The highest BCUT2D eigenvalue weighted by atomic mass is 32.1. The van der Waals surface area contributed by atoms with E-state index >= 15 is 0 Å². The van der Waals surface area contributed by atoms with Gasteiger partial charge in [-0.15, -0.1) is 11.3 Å². The molecule has 7 heteroatoms. The fourth-order valence-corrected chi connectivity index (χ4v) is 3.09. The number of amides is 1. The molecule has 124 valence electrons. The molecule has 0 spiro atoms. The molecular formula is C16H21N3O3S. The Morgan fingerprint density at radius 1 is 1.35 bits per heavy atom.